The molecule has 23 heavy (non-hydrogen) atoms. The van der Waals surface area contributed by atoms with Gasteiger partial charge in [0.2, 0.25) is 11.8 Å². The molecule has 1 unspecified atom stereocenters. The van der Waals surface area contributed by atoms with E-state index in [0.29, 0.717) is 17.3 Å². The number of aromatic nitrogens is 2. The Morgan fingerprint density at radius 3 is 2.74 bits per heavy atom. The molecule has 2 heterocycles. The molecule has 1 atom stereocenters. The SMILES string of the molecule is CC(C)n1cc(NC(=O)C2CSCN2C(=O)C2CCCC2)cn1. The number of nitrogens with one attached hydrogen (secondary N) is 1. The number of anilines is 1. The second-order valence-corrected chi connectivity index (χ2v) is 7.60. The molecule has 0 radical (unpaired) electrons. The van der Waals surface area contributed by atoms with Crippen LogP contribution in [0.5, 0.6) is 0 Å². The molecule has 2 aliphatic rings. The molecule has 1 aromatic heterocycles. The van der Waals surface area contributed by atoms with E-state index in [2.05, 4.69) is 10.4 Å². The fourth-order valence-corrected chi connectivity index (χ4v) is 4.36. The lowest BCUT2D eigenvalue weighted by molar-refractivity contribution is -0.139. The molecular formula is C16H24N4O2S. The molecule has 1 aliphatic heterocycles. The lowest BCUT2D eigenvalue weighted by Gasteiger charge is -2.25. The van der Waals surface area contributed by atoms with Crippen LogP contribution in [0, 0.1) is 5.92 Å². The first-order chi connectivity index (χ1) is 11.1. The van der Waals surface area contributed by atoms with Crippen LogP contribution < -0.4 is 5.32 Å². The van der Waals surface area contributed by atoms with Crippen LogP contribution >= 0.6 is 11.8 Å². The highest BCUT2D eigenvalue weighted by atomic mass is 32.2. The van der Waals surface area contributed by atoms with Crippen molar-refractivity contribution in [3.63, 3.8) is 0 Å². The summed E-state index contributed by atoms with van der Waals surface area (Å²) < 4.78 is 1.81. The summed E-state index contributed by atoms with van der Waals surface area (Å²) in [6.07, 6.45) is 7.67. The van der Waals surface area contributed by atoms with Crippen molar-refractivity contribution in [3.8, 4) is 0 Å². The van der Waals surface area contributed by atoms with Crippen molar-refractivity contribution in [3.05, 3.63) is 12.4 Å². The van der Waals surface area contributed by atoms with Gasteiger partial charge in [-0.1, -0.05) is 12.8 Å². The van der Waals surface area contributed by atoms with E-state index in [1.165, 1.54) is 0 Å². The third-order valence-corrected chi connectivity index (χ3v) is 5.58. The van der Waals surface area contributed by atoms with Crippen LogP contribution in [0.25, 0.3) is 0 Å². The Balaban J connectivity index is 1.64. The van der Waals surface area contributed by atoms with Gasteiger partial charge < -0.3 is 10.2 Å². The van der Waals surface area contributed by atoms with E-state index in [0.717, 1.165) is 25.7 Å². The fourth-order valence-electron chi connectivity index (χ4n) is 3.19. The minimum atomic E-state index is -0.365. The van der Waals surface area contributed by atoms with Gasteiger partial charge in [0, 0.05) is 23.9 Å². The Morgan fingerprint density at radius 1 is 1.35 bits per heavy atom. The number of amides is 2. The zero-order valence-corrected chi connectivity index (χ0v) is 14.5. The predicted octanol–water partition coefficient (Wildman–Crippen LogP) is 2.49. The molecule has 0 aromatic carbocycles. The van der Waals surface area contributed by atoms with Crippen LogP contribution in [0.4, 0.5) is 5.69 Å². The summed E-state index contributed by atoms with van der Waals surface area (Å²) >= 11 is 1.65. The number of thioether (sulfide) groups is 1. The lowest BCUT2D eigenvalue weighted by Crippen LogP contribution is -2.46. The monoisotopic (exact) mass is 336 g/mol. The van der Waals surface area contributed by atoms with Crippen molar-refractivity contribution in [2.24, 2.45) is 5.92 Å². The Kier molecular flexibility index (Phi) is 4.94. The normalized spacial score (nSPS) is 22.0. The average Bonchev–Trinajstić information content (AvgIpc) is 3.26. The van der Waals surface area contributed by atoms with E-state index >= 15 is 0 Å². The largest absolute Gasteiger partial charge is 0.322 e. The van der Waals surface area contributed by atoms with Crippen LogP contribution in [0.15, 0.2) is 12.4 Å². The molecule has 7 heteroatoms. The van der Waals surface area contributed by atoms with E-state index in [9.17, 15) is 9.59 Å². The van der Waals surface area contributed by atoms with Gasteiger partial charge in [-0.15, -0.1) is 11.8 Å². The van der Waals surface area contributed by atoms with Crippen molar-refractivity contribution in [2.45, 2.75) is 51.6 Å². The number of hydrogen-bond acceptors (Lipinski definition) is 4. The first kappa shape index (κ1) is 16.4. The highest BCUT2D eigenvalue weighted by molar-refractivity contribution is 7.99. The van der Waals surface area contributed by atoms with Crippen molar-refractivity contribution in [1.29, 1.82) is 0 Å². The molecule has 1 saturated carbocycles. The molecule has 1 N–H and O–H groups in total. The molecule has 0 bridgehead atoms. The second-order valence-electron chi connectivity index (χ2n) is 6.60. The van der Waals surface area contributed by atoms with Gasteiger partial charge in [-0.3, -0.25) is 14.3 Å². The van der Waals surface area contributed by atoms with Gasteiger partial charge >= 0.3 is 0 Å². The van der Waals surface area contributed by atoms with Gasteiger partial charge in [0.05, 0.1) is 17.8 Å². The quantitative estimate of drug-likeness (QED) is 0.917. The minimum absolute atomic E-state index is 0.107. The molecule has 1 aromatic rings. The van der Waals surface area contributed by atoms with Crippen LogP contribution in [0.2, 0.25) is 0 Å². The minimum Gasteiger partial charge on any atom is -0.322 e. The molecule has 1 saturated heterocycles. The molecule has 0 spiro atoms. The Bertz CT molecular complexity index is 580. The standard InChI is InChI=1S/C16H24N4O2S/c1-11(2)20-8-13(7-17-20)18-15(21)14-9-23-10-19(14)16(22)12-5-3-4-6-12/h7-8,11-12,14H,3-6,9-10H2,1-2H3,(H,18,21). The Labute approximate surface area is 141 Å². The van der Waals surface area contributed by atoms with Gasteiger partial charge in [0.25, 0.3) is 0 Å². The Hall–Kier alpha value is -1.50. The van der Waals surface area contributed by atoms with Gasteiger partial charge in [-0.2, -0.15) is 5.10 Å². The highest BCUT2D eigenvalue weighted by Crippen LogP contribution is 2.31. The van der Waals surface area contributed by atoms with Crippen molar-refractivity contribution in [1.82, 2.24) is 14.7 Å². The van der Waals surface area contributed by atoms with E-state index in [4.69, 9.17) is 0 Å². The van der Waals surface area contributed by atoms with Crippen molar-refractivity contribution < 1.29 is 9.59 Å². The van der Waals surface area contributed by atoms with Gasteiger partial charge in [-0.05, 0) is 26.7 Å². The number of rotatable bonds is 4. The van der Waals surface area contributed by atoms with Gasteiger partial charge in [0.15, 0.2) is 0 Å². The maximum Gasteiger partial charge on any atom is 0.248 e. The molecule has 6 nitrogen and oxygen atoms in total. The van der Waals surface area contributed by atoms with Crippen LogP contribution in [0.1, 0.15) is 45.6 Å². The molecular weight excluding hydrogens is 312 g/mol. The lowest BCUT2D eigenvalue weighted by atomic mass is 10.1. The van der Waals surface area contributed by atoms with Crippen molar-refractivity contribution in [2.75, 3.05) is 16.9 Å². The summed E-state index contributed by atoms with van der Waals surface area (Å²) in [5.74, 6) is 1.46. The highest BCUT2D eigenvalue weighted by Gasteiger charge is 2.38. The summed E-state index contributed by atoms with van der Waals surface area (Å²) in [5, 5.41) is 7.13. The van der Waals surface area contributed by atoms with Crippen LogP contribution in [-0.4, -0.2) is 44.2 Å². The smallest absolute Gasteiger partial charge is 0.248 e. The summed E-state index contributed by atoms with van der Waals surface area (Å²) in [5.41, 5.74) is 0.689. The van der Waals surface area contributed by atoms with Gasteiger partial charge in [0.1, 0.15) is 6.04 Å². The maximum atomic E-state index is 12.6. The third kappa shape index (κ3) is 3.54. The van der Waals surface area contributed by atoms with E-state index < -0.39 is 0 Å². The summed E-state index contributed by atoms with van der Waals surface area (Å²) in [7, 11) is 0. The molecule has 126 valence electrons. The number of hydrogen-bond donors (Lipinski definition) is 1. The Morgan fingerprint density at radius 2 is 2.09 bits per heavy atom. The molecule has 3 rings (SSSR count). The van der Waals surface area contributed by atoms with Crippen LogP contribution in [0.3, 0.4) is 0 Å². The maximum absolute atomic E-state index is 12.6. The van der Waals surface area contributed by atoms with E-state index in [-0.39, 0.29) is 29.8 Å². The second kappa shape index (κ2) is 6.95. The number of carbonyl (C=O) groups excluding carboxylic acids is 2. The summed E-state index contributed by atoms with van der Waals surface area (Å²) in [6.45, 7) is 4.07. The summed E-state index contributed by atoms with van der Waals surface area (Å²) in [6, 6.07) is -0.112. The predicted molar refractivity (Wildman–Crippen MR) is 91.2 cm³/mol. The van der Waals surface area contributed by atoms with Crippen molar-refractivity contribution >= 4 is 29.3 Å². The van der Waals surface area contributed by atoms with Gasteiger partial charge in [-0.25, -0.2) is 0 Å². The fraction of sp³-hybridized carbons (Fsp3) is 0.688. The topological polar surface area (TPSA) is 67.2 Å². The van der Waals surface area contributed by atoms with Crippen LogP contribution in [-0.2, 0) is 9.59 Å². The van der Waals surface area contributed by atoms with E-state index in [1.807, 2.05) is 20.0 Å². The number of carbonyl (C=O) groups is 2. The first-order valence-corrected chi connectivity index (χ1v) is 9.45. The number of nitrogens with zero attached hydrogens (tertiary/aromatic N) is 3. The molecule has 2 amide bonds. The average molecular weight is 336 g/mol. The zero-order chi connectivity index (χ0) is 16.4. The van der Waals surface area contributed by atoms with E-state index in [1.54, 1.807) is 27.5 Å². The molecule has 1 aliphatic carbocycles. The molecule has 2 fully saturated rings. The zero-order valence-electron chi connectivity index (χ0n) is 13.7. The first-order valence-electron chi connectivity index (χ1n) is 8.29. The third-order valence-electron chi connectivity index (χ3n) is 4.57. The summed E-state index contributed by atoms with van der Waals surface area (Å²) in [4.78, 5) is 27.0.